The Labute approximate surface area is 216 Å². The molecule has 4 aromatic heterocycles. The average Bonchev–Trinajstić information content (AvgIpc) is 3.71. The van der Waals surface area contributed by atoms with Crippen molar-refractivity contribution in [2.24, 2.45) is 9.98 Å². The van der Waals surface area contributed by atoms with E-state index in [0.717, 1.165) is 45.1 Å². The third-order valence-electron chi connectivity index (χ3n) is 5.14. The minimum absolute atomic E-state index is 0. The molecule has 0 aliphatic carbocycles. The van der Waals surface area contributed by atoms with E-state index in [2.05, 4.69) is 29.9 Å². The molecule has 0 bridgehead atoms. The van der Waals surface area contributed by atoms with Crippen LogP contribution in [-0.4, -0.2) is 22.4 Å². The van der Waals surface area contributed by atoms with Crippen molar-refractivity contribution in [3.05, 3.63) is 144 Å². The maximum absolute atomic E-state index is 4.34. The van der Waals surface area contributed by atoms with E-state index in [-0.39, 0.29) is 19.5 Å². The van der Waals surface area contributed by atoms with Crippen LogP contribution in [0, 0.1) is 0 Å². The zero-order chi connectivity index (χ0) is 23.0. The zero-order valence-electron chi connectivity index (χ0n) is 18.9. The predicted molar refractivity (Wildman–Crippen MR) is 135 cm³/mol. The van der Waals surface area contributed by atoms with E-state index in [1.54, 1.807) is 37.2 Å². The minimum Gasteiger partial charge on any atom is -0.664 e. The molecule has 0 unspecified atom stereocenters. The SMILES string of the molecule is C1=C/C(=C(\c2cccnc2)c2ccc[n-]2)N=C1.C1=C/C(=C(\c2cccnc2)c2ccc[n-]2)N=C1.[Zn+2]. The van der Waals surface area contributed by atoms with Gasteiger partial charge in [-0.25, -0.2) is 0 Å². The predicted octanol–water partition coefficient (Wildman–Crippen LogP) is 4.88. The first-order valence-electron chi connectivity index (χ1n) is 10.8. The van der Waals surface area contributed by atoms with Crippen LogP contribution in [0.25, 0.3) is 11.1 Å². The van der Waals surface area contributed by atoms with Gasteiger partial charge < -0.3 is 9.97 Å². The van der Waals surface area contributed by atoms with Gasteiger partial charge in [0.1, 0.15) is 0 Å². The number of hydrogen-bond donors (Lipinski definition) is 0. The van der Waals surface area contributed by atoms with E-state index < -0.39 is 0 Å². The van der Waals surface area contributed by atoms with Gasteiger partial charge in [-0.15, -0.1) is 11.4 Å². The number of aromatic nitrogens is 4. The van der Waals surface area contributed by atoms with Gasteiger partial charge in [0.2, 0.25) is 0 Å². The van der Waals surface area contributed by atoms with Gasteiger partial charge in [-0.05, 0) is 47.6 Å². The van der Waals surface area contributed by atoms with Gasteiger partial charge in [0.15, 0.2) is 0 Å². The molecule has 6 rings (SSSR count). The normalized spacial score (nSPS) is 16.0. The van der Waals surface area contributed by atoms with Crippen LogP contribution in [-0.2, 0) is 19.5 Å². The summed E-state index contributed by atoms with van der Waals surface area (Å²) >= 11 is 0. The first-order chi connectivity index (χ1) is 16.9. The van der Waals surface area contributed by atoms with E-state index in [4.69, 9.17) is 0 Å². The monoisotopic (exact) mass is 504 g/mol. The van der Waals surface area contributed by atoms with Crippen molar-refractivity contribution in [3.8, 4) is 0 Å². The molecule has 0 aromatic carbocycles. The molecule has 0 fully saturated rings. The fourth-order valence-corrected chi connectivity index (χ4v) is 3.67. The summed E-state index contributed by atoms with van der Waals surface area (Å²) in [5.74, 6) is 0. The van der Waals surface area contributed by atoms with Crippen molar-refractivity contribution in [3.63, 3.8) is 0 Å². The number of aliphatic imine (C=N–C) groups is 2. The first kappa shape index (κ1) is 23.9. The van der Waals surface area contributed by atoms with Gasteiger partial charge in [-0.2, -0.15) is 12.4 Å². The Hall–Kier alpha value is -4.22. The molecule has 164 valence electrons. The molecule has 0 saturated heterocycles. The van der Waals surface area contributed by atoms with Gasteiger partial charge in [0.05, 0.1) is 11.4 Å². The molecule has 0 radical (unpaired) electrons. The van der Waals surface area contributed by atoms with Crippen molar-refractivity contribution < 1.29 is 19.5 Å². The number of allylic oxidation sites excluding steroid dienone is 4. The summed E-state index contributed by atoms with van der Waals surface area (Å²) in [6.07, 6.45) is 22.1. The third-order valence-corrected chi connectivity index (χ3v) is 5.14. The Morgan fingerprint density at radius 2 is 1.09 bits per heavy atom. The number of nitrogens with zero attached hydrogens (tertiary/aromatic N) is 6. The van der Waals surface area contributed by atoms with Crippen LogP contribution >= 0.6 is 0 Å². The van der Waals surface area contributed by atoms with Crippen LogP contribution < -0.4 is 9.97 Å². The number of hydrogen-bond acceptors (Lipinski definition) is 4. The van der Waals surface area contributed by atoms with Crippen molar-refractivity contribution in [1.29, 1.82) is 0 Å². The fraction of sp³-hybridized carbons (Fsp3) is 0. The molecule has 7 heteroatoms. The van der Waals surface area contributed by atoms with Gasteiger partial charge in [0, 0.05) is 48.3 Å². The topological polar surface area (TPSA) is 78.7 Å². The van der Waals surface area contributed by atoms with Crippen LogP contribution in [0.4, 0.5) is 0 Å². The Morgan fingerprint density at radius 1 is 0.600 bits per heavy atom. The summed E-state index contributed by atoms with van der Waals surface area (Å²) in [6.45, 7) is 0. The van der Waals surface area contributed by atoms with Crippen molar-refractivity contribution in [2.45, 2.75) is 0 Å². The number of pyridine rings is 2. The summed E-state index contributed by atoms with van der Waals surface area (Å²) in [6, 6.07) is 15.7. The largest absolute Gasteiger partial charge is 2.00 e. The van der Waals surface area contributed by atoms with E-state index in [1.807, 2.05) is 85.2 Å². The summed E-state index contributed by atoms with van der Waals surface area (Å²) in [4.78, 5) is 25.7. The molecule has 0 spiro atoms. The van der Waals surface area contributed by atoms with Crippen molar-refractivity contribution >= 4 is 23.6 Å². The molecule has 0 atom stereocenters. The van der Waals surface area contributed by atoms with Crippen LogP contribution in [0.15, 0.2) is 131 Å². The molecule has 2 aliphatic heterocycles. The molecule has 6 nitrogen and oxygen atoms in total. The Morgan fingerprint density at radius 3 is 1.40 bits per heavy atom. The second-order valence-corrected chi connectivity index (χ2v) is 7.32. The Bertz CT molecular complexity index is 1270. The second-order valence-electron chi connectivity index (χ2n) is 7.32. The van der Waals surface area contributed by atoms with E-state index in [1.165, 1.54) is 0 Å². The van der Waals surface area contributed by atoms with E-state index in [9.17, 15) is 0 Å². The molecular weight excluding hydrogens is 486 g/mol. The molecule has 0 saturated carbocycles. The molecule has 0 amide bonds. The molecule has 2 aliphatic rings. The zero-order valence-corrected chi connectivity index (χ0v) is 21.9. The smallest absolute Gasteiger partial charge is 0.664 e. The summed E-state index contributed by atoms with van der Waals surface area (Å²) < 4.78 is 0. The molecular formula is C28H20N6Zn. The maximum atomic E-state index is 4.34. The van der Waals surface area contributed by atoms with Gasteiger partial charge in [0.25, 0.3) is 0 Å². The second kappa shape index (κ2) is 11.8. The molecule has 0 N–H and O–H groups in total. The summed E-state index contributed by atoms with van der Waals surface area (Å²) in [5.41, 5.74) is 7.82. The van der Waals surface area contributed by atoms with Gasteiger partial charge >= 0.3 is 19.5 Å². The van der Waals surface area contributed by atoms with E-state index in [0.29, 0.717) is 0 Å². The van der Waals surface area contributed by atoms with Gasteiger partial charge in [-0.1, -0.05) is 36.4 Å². The third kappa shape index (κ3) is 5.65. The first-order valence-corrected chi connectivity index (χ1v) is 10.8. The minimum atomic E-state index is 0. The fourth-order valence-electron chi connectivity index (χ4n) is 3.67. The summed E-state index contributed by atoms with van der Waals surface area (Å²) in [5, 5.41) is 0. The number of rotatable bonds is 4. The summed E-state index contributed by atoms with van der Waals surface area (Å²) in [7, 11) is 0. The van der Waals surface area contributed by atoms with Crippen LogP contribution in [0.2, 0.25) is 0 Å². The van der Waals surface area contributed by atoms with Crippen LogP contribution in [0.1, 0.15) is 22.5 Å². The molecule has 35 heavy (non-hydrogen) atoms. The van der Waals surface area contributed by atoms with E-state index >= 15 is 0 Å². The van der Waals surface area contributed by atoms with Crippen LogP contribution in [0.5, 0.6) is 0 Å². The Balaban J connectivity index is 0.000000160. The van der Waals surface area contributed by atoms with Gasteiger partial charge in [-0.3, -0.25) is 20.0 Å². The standard InChI is InChI=1S/2C14H10N3.Zn/c2*1-4-11(10-15-7-1)14(12-5-2-8-16-12)13-6-3-9-17-13;/h2*1-10H;/q2*-1;+2/b2*14-12-;. The Kier molecular flexibility index (Phi) is 8.05. The maximum Gasteiger partial charge on any atom is 2.00 e. The van der Waals surface area contributed by atoms with Crippen LogP contribution in [0.3, 0.4) is 0 Å². The quantitative estimate of drug-likeness (QED) is 0.370. The molecule has 6 heterocycles. The average molecular weight is 506 g/mol. The van der Waals surface area contributed by atoms with Crippen molar-refractivity contribution in [1.82, 2.24) is 19.9 Å². The van der Waals surface area contributed by atoms with Crippen molar-refractivity contribution in [2.75, 3.05) is 0 Å². The molecule has 4 aromatic rings.